The van der Waals surface area contributed by atoms with Crippen molar-refractivity contribution in [1.29, 1.82) is 0 Å². The predicted octanol–water partition coefficient (Wildman–Crippen LogP) is 0.859. The van der Waals surface area contributed by atoms with Crippen molar-refractivity contribution < 1.29 is 19.8 Å². The zero-order valence-electron chi connectivity index (χ0n) is 12.6. The van der Waals surface area contributed by atoms with Crippen molar-refractivity contribution in [3.8, 4) is 11.5 Å². The average molecular weight is 353 g/mol. The number of nitrogens with zero attached hydrogens (tertiary/aromatic N) is 2. The van der Waals surface area contributed by atoms with E-state index in [2.05, 4.69) is 20.6 Å². The number of pyridine rings is 2. The molecule has 9 heteroatoms. The molecule has 0 aliphatic carbocycles. The van der Waals surface area contributed by atoms with Crippen LogP contribution in [0.1, 0.15) is 27.1 Å². The van der Waals surface area contributed by atoms with Gasteiger partial charge in [-0.05, 0) is 18.6 Å². The predicted molar refractivity (Wildman–Crippen MR) is 88.3 cm³/mol. The van der Waals surface area contributed by atoms with Gasteiger partial charge < -0.3 is 20.8 Å². The average Bonchev–Trinajstić information content (AvgIpc) is 2.54. The van der Waals surface area contributed by atoms with Gasteiger partial charge >= 0.3 is 0 Å². The topological polar surface area (TPSA) is 124 Å². The number of carbonyl (C=O) groups is 2. The second-order valence-corrected chi connectivity index (χ2v) is 4.73. The van der Waals surface area contributed by atoms with E-state index in [1.165, 1.54) is 36.9 Å². The van der Waals surface area contributed by atoms with Crippen molar-refractivity contribution >= 4 is 24.2 Å². The van der Waals surface area contributed by atoms with Crippen LogP contribution < -0.4 is 10.6 Å². The van der Waals surface area contributed by atoms with Crippen LogP contribution in [0, 0.1) is 0 Å². The molecule has 2 amide bonds. The highest BCUT2D eigenvalue weighted by molar-refractivity contribution is 5.94. The fraction of sp³-hybridized carbons (Fsp3) is 0.200. The first-order chi connectivity index (χ1) is 11.1. The molecule has 2 rings (SSSR count). The Kier molecular flexibility index (Phi) is 7.44. The lowest BCUT2D eigenvalue weighted by Gasteiger charge is -2.07. The summed E-state index contributed by atoms with van der Waals surface area (Å²) in [7, 11) is 0. The molecule has 8 nitrogen and oxygen atoms in total. The van der Waals surface area contributed by atoms with E-state index in [-0.39, 0.29) is 46.8 Å². The molecule has 0 bridgehead atoms. The third-order valence-electron chi connectivity index (χ3n) is 2.90. The van der Waals surface area contributed by atoms with Crippen LogP contribution in [0.4, 0.5) is 0 Å². The largest absolute Gasteiger partial charge is 0.506 e. The molecule has 0 aliphatic heterocycles. The van der Waals surface area contributed by atoms with Gasteiger partial charge in [-0.3, -0.25) is 19.6 Å². The van der Waals surface area contributed by atoms with Gasteiger partial charge in [0.25, 0.3) is 11.8 Å². The molecule has 0 saturated heterocycles. The summed E-state index contributed by atoms with van der Waals surface area (Å²) in [5.74, 6) is -0.858. The lowest BCUT2D eigenvalue weighted by atomic mass is 10.2. The van der Waals surface area contributed by atoms with Gasteiger partial charge in [0, 0.05) is 25.5 Å². The van der Waals surface area contributed by atoms with E-state index in [1.54, 1.807) is 0 Å². The van der Waals surface area contributed by atoms with Crippen LogP contribution in [0.15, 0.2) is 36.9 Å². The van der Waals surface area contributed by atoms with Gasteiger partial charge in [0.1, 0.15) is 11.5 Å². The minimum atomic E-state index is -0.350. The molecule has 2 aromatic heterocycles. The summed E-state index contributed by atoms with van der Waals surface area (Å²) < 4.78 is 0. The number of aromatic hydroxyl groups is 2. The van der Waals surface area contributed by atoms with Gasteiger partial charge in [-0.25, -0.2) is 0 Å². The highest BCUT2D eigenvalue weighted by Crippen LogP contribution is 2.08. The van der Waals surface area contributed by atoms with E-state index in [0.717, 1.165) is 0 Å². The Balaban J connectivity index is 0.00000288. The number of hydrogen-bond acceptors (Lipinski definition) is 6. The first-order valence-electron chi connectivity index (χ1n) is 6.90. The molecule has 4 N–H and O–H groups in total. The fourth-order valence-corrected chi connectivity index (χ4v) is 1.80. The van der Waals surface area contributed by atoms with Gasteiger partial charge in [0.15, 0.2) is 0 Å². The van der Waals surface area contributed by atoms with Gasteiger partial charge in [-0.1, -0.05) is 0 Å². The third kappa shape index (κ3) is 5.73. The molecule has 0 radical (unpaired) electrons. The molecule has 0 unspecified atom stereocenters. The van der Waals surface area contributed by atoms with Gasteiger partial charge in [0.05, 0.1) is 23.5 Å². The van der Waals surface area contributed by atoms with Crippen molar-refractivity contribution in [3.05, 3.63) is 48.0 Å². The number of carbonyl (C=O) groups excluding carboxylic acids is 2. The highest BCUT2D eigenvalue weighted by atomic mass is 35.5. The molecule has 0 atom stereocenters. The van der Waals surface area contributed by atoms with E-state index in [1.807, 2.05) is 0 Å². The second kappa shape index (κ2) is 9.31. The van der Waals surface area contributed by atoms with Crippen molar-refractivity contribution in [2.75, 3.05) is 13.1 Å². The van der Waals surface area contributed by atoms with Crippen LogP contribution >= 0.6 is 12.4 Å². The molecule has 0 saturated carbocycles. The molecule has 2 heterocycles. The molecule has 24 heavy (non-hydrogen) atoms. The Labute approximate surface area is 144 Å². The molecule has 0 spiro atoms. The Morgan fingerprint density at radius 2 is 1.25 bits per heavy atom. The van der Waals surface area contributed by atoms with Crippen LogP contribution in [0.2, 0.25) is 0 Å². The van der Waals surface area contributed by atoms with Gasteiger partial charge in [-0.15, -0.1) is 12.4 Å². The highest BCUT2D eigenvalue weighted by Gasteiger charge is 2.07. The number of aromatic nitrogens is 2. The zero-order chi connectivity index (χ0) is 16.7. The zero-order valence-corrected chi connectivity index (χ0v) is 13.4. The van der Waals surface area contributed by atoms with Crippen LogP contribution in [0.3, 0.4) is 0 Å². The minimum Gasteiger partial charge on any atom is -0.506 e. The number of nitrogens with one attached hydrogen (secondary N) is 2. The number of halogens is 1. The lowest BCUT2D eigenvalue weighted by molar-refractivity contribution is 0.0951. The summed E-state index contributed by atoms with van der Waals surface area (Å²) in [6.07, 6.45) is 5.71. The van der Waals surface area contributed by atoms with Crippen LogP contribution in [-0.4, -0.2) is 45.1 Å². The summed E-state index contributed by atoms with van der Waals surface area (Å²) in [6, 6.07) is 2.64. The molecule has 0 aromatic carbocycles. The van der Waals surface area contributed by atoms with Crippen molar-refractivity contribution in [1.82, 2.24) is 20.6 Å². The molecule has 128 valence electrons. The Morgan fingerprint density at radius 3 is 1.62 bits per heavy atom. The Morgan fingerprint density at radius 1 is 0.833 bits per heavy atom. The molecule has 0 fully saturated rings. The van der Waals surface area contributed by atoms with E-state index >= 15 is 0 Å². The van der Waals surface area contributed by atoms with Crippen molar-refractivity contribution in [3.63, 3.8) is 0 Å². The van der Waals surface area contributed by atoms with E-state index in [0.29, 0.717) is 19.5 Å². The quantitative estimate of drug-likeness (QED) is 0.571. The lowest BCUT2D eigenvalue weighted by Crippen LogP contribution is -2.30. The number of hydrogen-bond donors (Lipinski definition) is 4. The van der Waals surface area contributed by atoms with Crippen molar-refractivity contribution in [2.45, 2.75) is 6.42 Å². The number of amides is 2. The molecular formula is C15H17ClN4O4. The van der Waals surface area contributed by atoms with E-state index in [9.17, 15) is 19.8 Å². The fourth-order valence-electron chi connectivity index (χ4n) is 1.80. The summed E-state index contributed by atoms with van der Waals surface area (Å²) in [5.41, 5.74) is 0.528. The first kappa shape index (κ1) is 19.2. The Bertz CT molecular complexity index is 652. The maximum atomic E-state index is 11.8. The molecular weight excluding hydrogens is 336 g/mol. The SMILES string of the molecule is Cl.O=C(NCCCNC(=O)c1cncc(O)c1)c1cncc(O)c1. The molecule has 0 aliphatic rings. The maximum absolute atomic E-state index is 11.8. The van der Waals surface area contributed by atoms with E-state index in [4.69, 9.17) is 0 Å². The maximum Gasteiger partial charge on any atom is 0.252 e. The summed E-state index contributed by atoms with van der Waals surface area (Å²) in [4.78, 5) is 31.0. The monoisotopic (exact) mass is 352 g/mol. The normalized spacial score (nSPS) is 9.67. The smallest absolute Gasteiger partial charge is 0.252 e. The standard InChI is InChI=1S/C15H16N4O4.ClH/c20-12-4-10(6-16-8-12)14(22)18-2-1-3-19-15(23)11-5-13(21)9-17-7-11;/h4-9,20-21H,1-3H2,(H,18,22)(H,19,23);1H. The minimum absolute atomic E-state index is 0. The van der Waals surface area contributed by atoms with Crippen LogP contribution in [0.25, 0.3) is 0 Å². The third-order valence-corrected chi connectivity index (χ3v) is 2.90. The van der Waals surface area contributed by atoms with Gasteiger partial charge in [0.2, 0.25) is 0 Å². The Hall–Kier alpha value is -2.87. The number of rotatable bonds is 6. The summed E-state index contributed by atoms with van der Waals surface area (Å²) in [5, 5.41) is 23.8. The summed E-state index contributed by atoms with van der Waals surface area (Å²) in [6.45, 7) is 0.708. The van der Waals surface area contributed by atoms with Crippen molar-refractivity contribution in [2.24, 2.45) is 0 Å². The van der Waals surface area contributed by atoms with Gasteiger partial charge in [-0.2, -0.15) is 0 Å². The van der Waals surface area contributed by atoms with Crippen LogP contribution in [0.5, 0.6) is 11.5 Å². The van der Waals surface area contributed by atoms with Crippen LogP contribution in [-0.2, 0) is 0 Å². The summed E-state index contributed by atoms with van der Waals surface area (Å²) >= 11 is 0. The van der Waals surface area contributed by atoms with E-state index < -0.39 is 0 Å². The first-order valence-corrected chi connectivity index (χ1v) is 6.90. The second-order valence-electron chi connectivity index (χ2n) is 4.73. The molecule has 2 aromatic rings.